The van der Waals surface area contributed by atoms with Gasteiger partial charge in [-0.15, -0.1) is 0 Å². The maximum atomic E-state index is 12.0. The number of benzene rings is 1. The van der Waals surface area contributed by atoms with Gasteiger partial charge in [-0.05, 0) is 31.9 Å². The van der Waals surface area contributed by atoms with Crippen LogP contribution in [0.3, 0.4) is 0 Å². The lowest BCUT2D eigenvalue weighted by molar-refractivity contribution is -0.153. The van der Waals surface area contributed by atoms with E-state index >= 15 is 0 Å². The second-order valence-electron chi connectivity index (χ2n) is 6.39. The summed E-state index contributed by atoms with van der Waals surface area (Å²) in [4.78, 5) is 28.1. The van der Waals surface area contributed by atoms with Gasteiger partial charge in [0.25, 0.3) is 15.9 Å². The molecule has 1 heterocycles. The van der Waals surface area contributed by atoms with Crippen LogP contribution in [-0.4, -0.2) is 44.8 Å². The minimum absolute atomic E-state index is 0.0978. The summed E-state index contributed by atoms with van der Waals surface area (Å²) >= 11 is 0. The van der Waals surface area contributed by atoms with E-state index in [-0.39, 0.29) is 29.2 Å². The Bertz CT molecular complexity index is 844. The highest BCUT2D eigenvalue weighted by atomic mass is 32.2. The minimum atomic E-state index is -3.65. The normalized spacial score (nSPS) is 21.0. The second kappa shape index (κ2) is 7.45. The average molecular weight is 379 g/mol. The van der Waals surface area contributed by atoms with E-state index in [9.17, 15) is 18.0 Å². The molecule has 1 atom stereocenters. The zero-order valence-corrected chi connectivity index (χ0v) is 15.2. The standard InChI is InChI=1S/C17H21N3O5S/c1-11(17(22)19-12-6-2-3-7-12)25-15(21)10-18-16-13-8-4-5-9-14(13)26(23,24)20-16/h4-5,8-9,11-12H,2-3,6-7,10H2,1H3,(H,18,20)(H,19,22). The number of sulfonamides is 1. The molecule has 1 saturated carbocycles. The van der Waals surface area contributed by atoms with Crippen LogP contribution < -0.4 is 10.0 Å². The number of aliphatic imine (C=N–C) groups is 1. The number of carbonyl (C=O) groups excluding carboxylic acids is 2. The van der Waals surface area contributed by atoms with Crippen molar-refractivity contribution in [2.75, 3.05) is 6.54 Å². The first-order valence-corrected chi connectivity index (χ1v) is 10.0. The Morgan fingerprint density at radius 3 is 2.73 bits per heavy atom. The van der Waals surface area contributed by atoms with Crippen molar-refractivity contribution in [3.05, 3.63) is 29.8 Å². The number of rotatable bonds is 5. The quantitative estimate of drug-likeness (QED) is 0.732. The van der Waals surface area contributed by atoms with Crippen molar-refractivity contribution in [3.63, 3.8) is 0 Å². The third kappa shape index (κ3) is 4.04. The van der Waals surface area contributed by atoms with E-state index in [1.807, 2.05) is 0 Å². The molecule has 1 aliphatic heterocycles. The molecule has 26 heavy (non-hydrogen) atoms. The van der Waals surface area contributed by atoms with Crippen molar-refractivity contribution >= 4 is 27.7 Å². The summed E-state index contributed by atoms with van der Waals surface area (Å²) < 4.78 is 31.4. The first-order chi connectivity index (χ1) is 12.4. The summed E-state index contributed by atoms with van der Waals surface area (Å²) in [5.74, 6) is -0.930. The van der Waals surface area contributed by atoms with Gasteiger partial charge in [-0.2, -0.15) is 0 Å². The van der Waals surface area contributed by atoms with Crippen molar-refractivity contribution in [1.29, 1.82) is 0 Å². The number of nitrogens with one attached hydrogen (secondary N) is 2. The van der Waals surface area contributed by atoms with Crippen molar-refractivity contribution in [2.24, 2.45) is 4.99 Å². The fraction of sp³-hybridized carbons (Fsp3) is 0.471. The van der Waals surface area contributed by atoms with Crippen LogP contribution >= 0.6 is 0 Å². The molecule has 2 N–H and O–H groups in total. The molecule has 0 saturated heterocycles. The third-order valence-corrected chi connectivity index (χ3v) is 5.81. The van der Waals surface area contributed by atoms with Crippen LogP contribution in [0.25, 0.3) is 0 Å². The number of amides is 1. The Hall–Kier alpha value is -2.42. The number of hydrogen-bond donors (Lipinski definition) is 2. The van der Waals surface area contributed by atoms with Gasteiger partial charge in [-0.1, -0.05) is 25.0 Å². The van der Waals surface area contributed by atoms with Crippen molar-refractivity contribution in [2.45, 2.75) is 49.6 Å². The first kappa shape index (κ1) is 18.4. The predicted molar refractivity (Wildman–Crippen MR) is 94.1 cm³/mol. The van der Waals surface area contributed by atoms with Crippen molar-refractivity contribution in [1.82, 2.24) is 10.0 Å². The molecule has 1 aromatic rings. The predicted octanol–water partition coefficient (Wildman–Crippen LogP) is 0.716. The molecule has 140 valence electrons. The molecule has 0 radical (unpaired) electrons. The summed E-state index contributed by atoms with van der Waals surface area (Å²) in [5, 5.41) is 2.86. The number of nitrogens with zero attached hydrogens (tertiary/aromatic N) is 1. The number of ether oxygens (including phenoxy) is 1. The lowest BCUT2D eigenvalue weighted by atomic mass is 10.2. The fourth-order valence-corrected chi connectivity index (χ4v) is 4.32. The van der Waals surface area contributed by atoms with Crippen molar-refractivity contribution in [3.8, 4) is 0 Å². The topological polar surface area (TPSA) is 114 Å². The number of esters is 1. The molecular formula is C17H21N3O5S. The SMILES string of the molecule is CC(OC(=O)CN=C1NS(=O)(=O)c2ccccc21)C(=O)NC1CCCC1. The van der Waals surface area contributed by atoms with Gasteiger partial charge in [0.2, 0.25) is 0 Å². The first-order valence-electron chi connectivity index (χ1n) is 8.53. The number of hydrogen-bond acceptors (Lipinski definition) is 6. The number of carbonyl (C=O) groups is 2. The van der Waals surface area contributed by atoms with Crippen LogP contribution in [-0.2, 0) is 24.3 Å². The van der Waals surface area contributed by atoms with Gasteiger partial charge in [0.1, 0.15) is 12.4 Å². The van der Waals surface area contributed by atoms with Crippen LogP contribution in [0.1, 0.15) is 38.2 Å². The minimum Gasteiger partial charge on any atom is -0.451 e. The molecule has 1 fully saturated rings. The van der Waals surface area contributed by atoms with Gasteiger partial charge in [-0.25, -0.2) is 8.42 Å². The van der Waals surface area contributed by atoms with Gasteiger partial charge in [0.05, 0.1) is 4.90 Å². The van der Waals surface area contributed by atoms with Crippen molar-refractivity contribution < 1.29 is 22.7 Å². The molecule has 2 aliphatic rings. The lowest BCUT2D eigenvalue weighted by Crippen LogP contribution is -2.41. The van der Waals surface area contributed by atoms with E-state index in [0.29, 0.717) is 5.56 Å². The molecule has 1 aromatic carbocycles. The van der Waals surface area contributed by atoms with Gasteiger partial charge in [-0.3, -0.25) is 19.3 Å². The summed E-state index contributed by atoms with van der Waals surface area (Å²) in [7, 11) is -3.65. The molecule has 0 aromatic heterocycles. The molecule has 9 heteroatoms. The second-order valence-corrected chi connectivity index (χ2v) is 8.04. The third-order valence-electron chi connectivity index (χ3n) is 4.41. The molecule has 0 bridgehead atoms. The Balaban J connectivity index is 1.57. The smallest absolute Gasteiger partial charge is 0.328 e. The molecule has 0 spiro atoms. The van der Waals surface area contributed by atoms with Crippen LogP contribution in [0.2, 0.25) is 0 Å². The molecule has 1 aliphatic carbocycles. The van der Waals surface area contributed by atoms with E-state index in [1.165, 1.54) is 13.0 Å². The van der Waals surface area contributed by atoms with Gasteiger partial charge >= 0.3 is 5.97 Å². The molecule has 3 rings (SSSR count). The monoisotopic (exact) mass is 379 g/mol. The zero-order chi connectivity index (χ0) is 18.7. The van der Waals surface area contributed by atoms with E-state index in [4.69, 9.17) is 4.74 Å². The Morgan fingerprint density at radius 2 is 2.00 bits per heavy atom. The summed E-state index contributed by atoms with van der Waals surface area (Å²) in [5.41, 5.74) is 0.410. The summed E-state index contributed by atoms with van der Waals surface area (Å²) in [6.07, 6.45) is 3.15. The highest BCUT2D eigenvalue weighted by Gasteiger charge is 2.30. The average Bonchev–Trinajstić information content (AvgIpc) is 3.19. The molecular weight excluding hydrogens is 358 g/mol. The maximum Gasteiger partial charge on any atom is 0.328 e. The molecule has 1 unspecified atom stereocenters. The Labute approximate surface area is 152 Å². The zero-order valence-electron chi connectivity index (χ0n) is 14.4. The summed E-state index contributed by atoms with van der Waals surface area (Å²) in [6, 6.07) is 6.51. The van der Waals surface area contributed by atoms with E-state index < -0.39 is 22.1 Å². The molecule has 1 amide bonds. The summed E-state index contributed by atoms with van der Waals surface area (Å²) in [6.45, 7) is 1.12. The highest BCUT2D eigenvalue weighted by Crippen LogP contribution is 2.22. The fourth-order valence-electron chi connectivity index (χ4n) is 3.07. The number of amidine groups is 1. The molecule has 8 nitrogen and oxygen atoms in total. The van der Waals surface area contributed by atoms with Crippen LogP contribution in [0.15, 0.2) is 34.2 Å². The van der Waals surface area contributed by atoms with Gasteiger partial charge < -0.3 is 10.1 Å². The Kier molecular flexibility index (Phi) is 5.26. The maximum absolute atomic E-state index is 12.0. The van der Waals surface area contributed by atoms with Crippen LogP contribution in [0.5, 0.6) is 0 Å². The van der Waals surface area contributed by atoms with Crippen LogP contribution in [0, 0.1) is 0 Å². The lowest BCUT2D eigenvalue weighted by Gasteiger charge is -2.16. The van der Waals surface area contributed by atoms with Gasteiger partial charge in [0.15, 0.2) is 6.10 Å². The van der Waals surface area contributed by atoms with Crippen LogP contribution in [0.4, 0.5) is 0 Å². The Morgan fingerprint density at radius 1 is 1.31 bits per heavy atom. The highest BCUT2D eigenvalue weighted by molar-refractivity contribution is 7.90. The van der Waals surface area contributed by atoms with E-state index in [2.05, 4.69) is 15.0 Å². The van der Waals surface area contributed by atoms with E-state index in [1.54, 1.807) is 18.2 Å². The largest absolute Gasteiger partial charge is 0.451 e. The van der Waals surface area contributed by atoms with E-state index in [0.717, 1.165) is 25.7 Å². The number of fused-ring (bicyclic) bond motifs is 1. The van der Waals surface area contributed by atoms with Gasteiger partial charge in [0, 0.05) is 11.6 Å².